The number of carbonyl (C=O) groups excluding carboxylic acids is 2. The molecule has 32 heavy (non-hydrogen) atoms. The molecule has 0 fully saturated rings. The number of para-hydroxylation sites is 1. The van der Waals surface area contributed by atoms with Crippen LogP contribution in [-0.4, -0.2) is 52.9 Å². The van der Waals surface area contributed by atoms with Gasteiger partial charge in [0.05, 0.1) is 19.1 Å². The molecule has 2 amide bonds. The second kappa shape index (κ2) is 9.49. The van der Waals surface area contributed by atoms with Gasteiger partial charge in [0, 0.05) is 24.2 Å². The number of ether oxygens (including phenoxy) is 2. The summed E-state index contributed by atoms with van der Waals surface area (Å²) in [6, 6.07) is 3.17. The normalized spacial score (nSPS) is 17.8. The second-order valence-electron chi connectivity index (χ2n) is 7.53. The number of H-pyrrole nitrogens is 1. The Kier molecular flexibility index (Phi) is 6.95. The number of imidazole rings is 1. The van der Waals surface area contributed by atoms with Gasteiger partial charge >= 0.3 is 18.4 Å². The lowest BCUT2D eigenvalue weighted by atomic mass is 9.95. The van der Waals surface area contributed by atoms with Gasteiger partial charge in [-0.05, 0) is 12.0 Å². The molecule has 11 heteroatoms. The number of urea groups is 1. The molecule has 1 aromatic heterocycles. The number of fused-ring (bicyclic) bond motifs is 1. The summed E-state index contributed by atoms with van der Waals surface area (Å²) in [7, 11) is 1.23. The summed E-state index contributed by atoms with van der Waals surface area (Å²) in [5, 5.41) is 2.69. The van der Waals surface area contributed by atoms with Crippen molar-refractivity contribution in [3.8, 4) is 5.75 Å². The van der Waals surface area contributed by atoms with Crippen LogP contribution in [0.3, 0.4) is 0 Å². The topological polar surface area (TPSA) is 96.5 Å². The van der Waals surface area contributed by atoms with Crippen molar-refractivity contribution in [1.29, 1.82) is 0 Å². The third kappa shape index (κ3) is 4.97. The minimum atomic E-state index is -4.90. The number of esters is 1. The molecule has 0 spiro atoms. The van der Waals surface area contributed by atoms with Crippen molar-refractivity contribution >= 4 is 12.0 Å². The zero-order chi connectivity index (χ0) is 23.5. The van der Waals surface area contributed by atoms with Crippen LogP contribution in [-0.2, 0) is 16.0 Å². The van der Waals surface area contributed by atoms with E-state index in [4.69, 9.17) is 4.74 Å². The molecule has 0 saturated carbocycles. The Bertz CT molecular complexity index is 963. The quantitative estimate of drug-likeness (QED) is 0.651. The maximum absolute atomic E-state index is 13.3. The molecule has 0 unspecified atom stereocenters. The molecule has 2 N–H and O–H groups in total. The van der Waals surface area contributed by atoms with Crippen molar-refractivity contribution in [3.05, 3.63) is 47.5 Å². The molecule has 2 aromatic rings. The lowest BCUT2D eigenvalue weighted by Gasteiger charge is -2.37. The van der Waals surface area contributed by atoms with E-state index in [2.05, 4.69) is 20.0 Å². The van der Waals surface area contributed by atoms with Crippen LogP contribution in [0.1, 0.15) is 43.3 Å². The maximum atomic E-state index is 13.3. The number of rotatable bonds is 6. The first-order valence-electron chi connectivity index (χ1n) is 10.2. The van der Waals surface area contributed by atoms with Crippen LogP contribution >= 0.6 is 0 Å². The van der Waals surface area contributed by atoms with E-state index in [9.17, 15) is 22.8 Å². The summed E-state index contributed by atoms with van der Waals surface area (Å²) in [6.45, 7) is 3.87. The number of aromatic nitrogens is 2. The number of methoxy groups -OCH3 is 1. The van der Waals surface area contributed by atoms with Crippen LogP contribution in [0.2, 0.25) is 0 Å². The molecule has 3 atom stereocenters. The average molecular weight is 454 g/mol. The van der Waals surface area contributed by atoms with E-state index < -0.39 is 36.2 Å². The van der Waals surface area contributed by atoms with Crippen molar-refractivity contribution in [2.24, 2.45) is 5.92 Å². The van der Waals surface area contributed by atoms with Crippen molar-refractivity contribution in [2.75, 3.05) is 13.7 Å². The van der Waals surface area contributed by atoms with Gasteiger partial charge in [-0.2, -0.15) is 0 Å². The van der Waals surface area contributed by atoms with Crippen molar-refractivity contribution in [2.45, 2.75) is 45.1 Å². The SMILES string of the molecule is CC[C@H](C)[C@H](NC(=O)N1CCc2[nH]cnc2[C@H]1c1ccccc1OC(F)(F)F)C(=O)OC. The van der Waals surface area contributed by atoms with Gasteiger partial charge in [0.15, 0.2) is 0 Å². The maximum Gasteiger partial charge on any atom is 0.573 e. The Morgan fingerprint density at radius 3 is 2.72 bits per heavy atom. The highest BCUT2D eigenvalue weighted by atomic mass is 19.4. The Morgan fingerprint density at radius 1 is 1.34 bits per heavy atom. The molecular formula is C21H25F3N4O4. The van der Waals surface area contributed by atoms with Crippen LogP contribution in [0, 0.1) is 5.92 Å². The summed E-state index contributed by atoms with van der Waals surface area (Å²) in [5.41, 5.74) is 1.27. The van der Waals surface area contributed by atoms with Crippen molar-refractivity contribution < 1.29 is 32.2 Å². The van der Waals surface area contributed by atoms with Gasteiger partial charge in [0.2, 0.25) is 0 Å². The predicted molar refractivity (Wildman–Crippen MR) is 108 cm³/mol. The summed E-state index contributed by atoms with van der Waals surface area (Å²) < 4.78 is 48.1. The highest BCUT2D eigenvalue weighted by Crippen LogP contribution is 2.39. The number of hydrogen-bond donors (Lipinski definition) is 2. The van der Waals surface area contributed by atoms with Crippen molar-refractivity contribution in [3.63, 3.8) is 0 Å². The fourth-order valence-corrected chi connectivity index (χ4v) is 3.75. The van der Waals surface area contributed by atoms with Crippen LogP contribution in [0.4, 0.5) is 18.0 Å². The number of carbonyl (C=O) groups is 2. The standard InChI is InChI=1S/C21H25F3N4O4/c1-4-12(2)16(19(29)31-3)27-20(30)28-10-9-14-17(26-11-25-14)18(28)13-7-5-6-8-15(13)32-21(22,23)24/h5-8,11-12,16,18H,4,9-10H2,1-3H3,(H,25,26)(H,27,30)/t12-,16-,18+/m0/s1. The molecule has 1 aliphatic heterocycles. The molecule has 0 bridgehead atoms. The molecule has 8 nitrogen and oxygen atoms in total. The highest BCUT2D eigenvalue weighted by Gasteiger charge is 2.40. The predicted octanol–water partition coefficient (Wildman–Crippen LogP) is 3.55. The van der Waals surface area contributed by atoms with Crippen LogP contribution in [0.25, 0.3) is 0 Å². The van der Waals surface area contributed by atoms with Gasteiger partial charge in [0.25, 0.3) is 0 Å². The Morgan fingerprint density at radius 2 is 2.06 bits per heavy atom. The van der Waals surface area contributed by atoms with Gasteiger partial charge in [-0.25, -0.2) is 14.6 Å². The summed E-state index contributed by atoms with van der Waals surface area (Å²) >= 11 is 0. The number of benzene rings is 1. The van der Waals surface area contributed by atoms with E-state index in [1.54, 1.807) is 13.0 Å². The van der Waals surface area contributed by atoms with Gasteiger partial charge in [-0.15, -0.1) is 13.2 Å². The zero-order valence-electron chi connectivity index (χ0n) is 17.9. The Hall–Kier alpha value is -3.24. The minimum absolute atomic E-state index is 0.131. The van der Waals surface area contributed by atoms with E-state index in [1.165, 1.54) is 36.5 Å². The minimum Gasteiger partial charge on any atom is -0.467 e. The van der Waals surface area contributed by atoms with Crippen LogP contribution < -0.4 is 10.1 Å². The summed E-state index contributed by atoms with van der Waals surface area (Å²) in [4.78, 5) is 34.1. The fourth-order valence-electron chi connectivity index (χ4n) is 3.75. The summed E-state index contributed by atoms with van der Waals surface area (Å²) in [5.74, 6) is -1.23. The average Bonchev–Trinajstić information content (AvgIpc) is 3.24. The molecule has 1 aromatic carbocycles. The first kappa shape index (κ1) is 23.4. The lowest BCUT2D eigenvalue weighted by molar-refractivity contribution is -0.275. The Balaban J connectivity index is 2.00. The van der Waals surface area contributed by atoms with Crippen LogP contribution in [0.5, 0.6) is 5.75 Å². The lowest BCUT2D eigenvalue weighted by Crippen LogP contribution is -2.53. The Labute approximate surface area is 183 Å². The zero-order valence-corrected chi connectivity index (χ0v) is 17.9. The number of halogens is 3. The van der Waals surface area contributed by atoms with E-state index in [0.717, 1.165) is 0 Å². The molecule has 2 heterocycles. The molecule has 1 aliphatic rings. The van der Waals surface area contributed by atoms with Gasteiger partial charge < -0.3 is 24.7 Å². The monoisotopic (exact) mass is 454 g/mol. The first-order valence-corrected chi connectivity index (χ1v) is 10.2. The van der Waals surface area contributed by atoms with Crippen LogP contribution in [0.15, 0.2) is 30.6 Å². The number of nitrogens with one attached hydrogen (secondary N) is 2. The van der Waals surface area contributed by atoms with Crippen molar-refractivity contribution in [1.82, 2.24) is 20.2 Å². The van der Waals surface area contributed by atoms with Gasteiger partial charge in [0.1, 0.15) is 17.8 Å². The molecule has 174 valence electrons. The molecule has 0 saturated heterocycles. The first-order chi connectivity index (χ1) is 15.2. The number of hydrogen-bond acceptors (Lipinski definition) is 5. The number of amides is 2. The van der Waals surface area contributed by atoms with E-state index in [-0.39, 0.29) is 18.0 Å². The second-order valence-corrected chi connectivity index (χ2v) is 7.53. The van der Waals surface area contributed by atoms with E-state index in [0.29, 0.717) is 24.2 Å². The summed E-state index contributed by atoms with van der Waals surface area (Å²) in [6.07, 6.45) is -2.44. The smallest absolute Gasteiger partial charge is 0.467 e. The molecular weight excluding hydrogens is 429 g/mol. The van der Waals surface area contributed by atoms with E-state index >= 15 is 0 Å². The van der Waals surface area contributed by atoms with Gasteiger partial charge in [-0.3, -0.25) is 0 Å². The molecule has 0 aliphatic carbocycles. The number of alkyl halides is 3. The van der Waals surface area contributed by atoms with Gasteiger partial charge in [-0.1, -0.05) is 38.5 Å². The van der Waals surface area contributed by atoms with E-state index in [1.807, 2.05) is 6.92 Å². The molecule has 3 rings (SSSR count). The molecule has 0 radical (unpaired) electrons. The number of nitrogens with zero attached hydrogens (tertiary/aromatic N) is 2. The largest absolute Gasteiger partial charge is 0.573 e. The fraction of sp³-hybridized carbons (Fsp3) is 0.476. The third-order valence-corrected chi connectivity index (χ3v) is 5.57. The number of aromatic amines is 1. The third-order valence-electron chi connectivity index (χ3n) is 5.57. The highest BCUT2D eigenvalue weighted by molar-refractivity contribution is 5.84.